The van der Waals surface area contributed by atoms with Gasteiger partial charge in [-0.25, -0.2) is 4.79 Å². The van der Waals surface area contributed by atoms with Gasteiger partial charge in [-0.15, -0.1) is 11.3 Å². The van der Waals surface area contributed by atoms with Gasteiger partial charge in [0.2, 0.25) is 5.91 Å². The number of rotatable bonds is 4. The van der Waals surface area contributed by atoms with E-state index in [2.05, 4.69) is 5.32 Å². The lowest BCUT2D eigenvalue weighted by molar-refractivity contribution is -0.132. The monoisotopic (exact) mass is 385 g/mol. The van der Waals surface area contributed by atoms with E-state index in [1.165, 1.54) is 15.9 Å². The van der Waals surface area contributed by atoms with Crippen LogP contribution in [0.2, 0.25) is 0 Å². The number of amides is 2. The lowest BCUT2D eigenvalue weighted by atomic mass is 10.2. The number of thiophene rings is 1. The van der Waals surface area contributed by atoms with E-state index in [9.17, 15) is 14.4 Å². The van der Waals surface area contributed by atoms with Gasteiger partial charge in [0.15, 0.2) is 5.58 Å². The van der Waals surface area contributed by atoms with E-state index in [0.29, 0.717) is 22.5 Å². The summed E-state index contributed by atoms with van der Waals surface area (Å²) in [5.74, 6) is -0.780. The van der Waals surface area contributed by atoms with Gasteiger partial charge < -0.3 is 14.6 Å². The third-order valence-corrected chi connectivity index (χ3v) is 6.03. The molecule has 1 N–H and O–H groups in total. The number of carbonyl (C=O) groups is 2. The Bertz CT molecular complexity index is 1060. The van der Waals surface area contributed by atoms with Gasteiger partial charge in [-0.2, -0.15) is 0 Å². The molecule has 1 aromatic carbocycles. The molecule has 3 aromatic rings. The van der Waals surface area contributed by atoms with E-state index in [4.69, 9.17) is 4.42 Å². The molecule has 3 heterocycles. The minimum atomic E-state index is -0.529. The Morgan fingerprint density at radius 3 is 2.89 bits per heavy atom. The van der Waals surface area contributed by atoms with Gasteiger partial charge in [-0.3, -0.25) is 14.2 Å². The van der Waals surface area contributed by atoms with E-state index in [-0.39, 0.29) is 24.4 Å². The van der Waals surface area contributed by atoms with Gasteiger partial charge >= 0.3 is 5.76 Å². The highest BCUT2D eigenvalue weighted by Crippen LogP contribution is 2.36. The maximum atomic E-state index is 12.9. The van der Waals surface area contributed by atoms with Crippen LogP contribution < -0.4 is 11.1 Å². The highest BCUT2D eigenvalue weighted by Gasteiger charge is 2.32. The zero-order chi connectivity index (χ0) is 19.0. The molecule has 8 heteroatoms. The summed E-state index contributed by atoms with van der Waals surface area (Å²) in [5.41, 5.74) is 1.09. The van der Waals surface area contributed by atoms with Crippen molar-refractivity contribution in [2.45, 2.75) is 25.4 Å². The van der Waals surface area contributed by atoms with Crippen LogP contribution in [0.3, 0.4) is 0 Å². The Morgan fingerprint density at radius 2 is 2.07 bits per heavy atom. The smallest absolute Gasteiger partial charge is 0.408 e. The molecule has 0 spiro atoms. The van der Waals surface area contributed by atoms with E-state index in [1.807, 2.05) is 12.1 Å². The second-order valence-corrected chi connectivity index (χ2v) is 7.56. The summed E-state index contributed by atoms with van der Waals surface area (Å²) in [4.78, 5) is 40.3. The molecule has 140 valence electrons. The Hall–Kier alpha value is -2.87. The molecule has 0 bridgehead atoms. The van der Waals surface area contributed by atoms with Gasteiger partial charge in [0, 0.05) is 18.5 Å². The average Bonchev–Trinajstić information content (AvgIpc) is 3.39. The molecule has 0 aliphatic carbocycles. The van der Waals surface area contributed by atoms with E-state index < -0.39 is 5.76 Å². The van der Waals surface area contributed by atoms with Crippen molar-refractivity contribution in [3.63, 3.8) is 0 Å². The van der Waals surface area contributed by atoms with Crippen molar-refractivity contribution in [3.8, 4) is 0 Å². The Balaban J connectivity index is 1.57. The van der Waals surface area contributed by atoms with Crippen molar-refractivity contribution in [3.05, 3.63) is 56.7 Å². The normalized spacial score (nSPS) is 16.8. The third-order valence-electron chi connectivity index (χ3n) is 4.85. The van der Waals surface area contributed by atoms with E-state index in [1.54, 1.807) is 36.2 Å². The van der Waals surface area contributed by atoms with E-state index >= 15 is 0 Å². The quantitative estimate of drug-likeness (QED) is 0.747. The van der Waals surface area contributed by atoms with Crippen molar-refractivity contribution >= 4 is 34.3 Å². The number of carbonyl (C=O) groups excluding carboxylic acids is 2. The van der Waals surface area contributed by atoms with Gasteiger partial charge in [-0.05, 0) is 37.1 Å². The summed E-state index contributed by atoms with van der Waals surface area (Å²) >= 11 is 1.40. The van der Waals surface area contributed by atoms with Crippen molar-refractivity contribution in [1.29, 1.82) is 0 Å². The summed E-state index contributed by atoms with van der Waals surface area (Å²) in [7, 11) is 1.60. The number of para-hydroxylation sites is 2. The second kappa shape index (κ2) is 7.03. The zero-order valence-electron chi connectivity index (χ0n) is 14.8. The minimum absolute atomic E-state index is 0.0555. The number of fused-ring (bicyclic) bond motifs is 1. The fourth-order valence-corrected chi connectivity index (χ4v) is 4.63. The fraction of sp³-hybridized carbons (Fsp3) is 0.316. The molecular formula is C19H19N3O4S. The van der Waals surface area contributed by atoms with Gasteiger partial charge in [-0.1, -0.05) is 12.1 Å². The highest BCUT2D eigenvalue weighted by atomic mass is 32.1. The lowest BCUT2D eigenvalue weighted by Crippen LogP contribution is -2.35. The maximum absolute atomic E-state index is 12.9. The Kier molecular flexibility index (Phi) is 4.57. The molecule has 4 rings (SSSR count). The van der Waals surface area contributed by atoms with Crippen LogP contribution in [-0.2, 0) is 11.3 Å². The zero-order valence-corrected chi connectivity index (χ0v) is 15.6. The number of hydrogen-bond acceptors (Lipinski definition) is 5. The van der Waals surface area contributed by atoms with Crippen molar-refractivity contribution < 1.29 is 14.0 Å². The van der Waals surface area contributed by atoms with Crippen LogP contribution in [0.25, 0.3) is 11.1 Å². The Labute approximate surface area is 159 Å². The van der Waals surface area contributed by atoms with Crippen LogP contribution in [0, 0.1) is 0 Å². The summed E-state index contributed by atoms with van der Waals surface area (Å²) in [6.07, 6.45) is 1.74. The van der Waals surface area contributed by atoms with Crippen LogP contribution in [0.4, 0.5) is 0 Å². The predicted molar refractivity (Wildman–Crippen MR) is 102 cm³/mol. The number of nitrogens with zero attached hydrogens (tertiary/aromatic N) is 2. The van der Waals surface area contributed by atoms with Crippen molar-refractivity contribution in [2.24, 2.45) is 0 Å². The molecule has 1 atom stereocenters. The van der Waals surface area contributed by atoms with Gasteiger partial charge in [0.1, 0.15) is 6.54 Å². The number of oxazole rings is 1. The van der Waals surface area contributed by atoms with Crippen molar-refractivity contribution in [2.75, 3.05) is 13.6 Å². The highest BCUT2D eigenvalue weighted by molar-refractivity contribution is 7.14. The lowest BCUT2D eigenvalue weighted by Gasteiger charge is -2.24. The van der Waals surface area contributed by atoms with Crippen LogP contribution in [0.15, 0.2) is 45.6 Å². The molecule has 1 unspecified atom stereocenters. The molecule has 1 saturated heterocycles. The maximum Gasteiger partial charge on any atom is 0.420 e. The standard InChI is InChI=1S/C19H19N3O4S/c1-20-18(24)16-9-8-15(27-16)13-6-4-10-21(13)17(23)11-22-12-5-2-3-7-14(12)26-19(22)25/h2-3,5,7-9,13H,4,6,10-11H2,1H3,(H,20,24). The van der Waals surface area contributed by atoms with Crippen molar-refractivity contribution in [1.82, 2.24) is 14.8 Å². The molecule has 2 amide bonds. The second-order valence-electron chi connectivity index (χ2n) is 6.45. The van der Waals surface area contributed by atoms with E-state index in [0.717, 1.165) is 17.7 Å². The minimum Gasteiger partial charge on any atom is -0.408 e. The summed E-state index contributed by atoms with van der Waals surface area (Å²) in [5, 5.41) is 2.61. The number of likely N-dealkylation sites (tertiary alicyclic amines) is 1. The molecule has 1 fully saturated rings. The van der Waals surface area contributed by atoms with Gasteiger partial charge in [0.25, 0.3) is 5.91 Å². The van der Waals surface area contributed by atoms with Crippen LogP contribution in [0.1, 0.15) is 33.4 Å². The predicted octanol–water partition coefficient (Wildman–Crippen LogP) is 2.38. The first kappa shape index (κ1) is 17.5. The molecule has 1 aliphatic rings. The first-order chi connectivity index (χ1) is 13.1. The molecule has 27 heavy (non-hydrogen) atoms. The largest absolute Gasteiger partial charge is 0.420 e. The third kappa shape index (κ3) is 3.16. The van der Waals surface area contributed by atoms with Crippen LogP contribution in [0.5, 0.6) is 0 Å². The number of nitrogens with one attached hydrogen (secondary N) is 1. The fourth-order valence-electron chi connectivity index (χ4n) is 3.53. The molecule has 0 radical (unpaired) electrons. The van der Waals surface area contributed by atoms with Gasteiger partial charge in [0.05, 0.1) is 16.4 Å². The molecule has 7 nitrogen and oxygen atoms in total. The molecule has 0 saturated carbocycles. The SMILES string of the molecule is CNC(=O)c1ccc(C2CCCN2C(=O)Cn2c(=O)oc3ccccc32)s1. The summed E-state index contributed by atoms with van der Waals surface area (Å²) in [6, 6.07) is 10.7. The molecule has 2 aromatic heterocycles. The average molecular weight is 385 g/mol. The first-order valence-electron chi connectivity index (χ1n) is 8.78. The molecular weight excluding hydrogens is 366 g/mol. The number of benzene rings is 1. The van der Waals surface area contributed by atoms with Crippen LogP contribution >= 0.6 is 11.3 Å². The summed E-state index contributed by atoms with van der Waals surface area (Å²) in [6.45, 7) is 0.585. The topological polar surface area (TPSA) is 84.5 Å². The molecule has 1 aliphatic heterocycles. The summed E-state index contributed by atoms with van der Waals surface area (Å²) < 4.78 is 6.58. The van der Waals surface area contributed by atoms with Crippen LogP contribution in [-0.4, -0.2) is 34.9 Å². The Morgan fingerprint density at radius 1 is 1.26 bits per heavy atom. The number of aromatic nitrogens is 1. The first-order valence-corrected chi connectivity index (χ1v) is 9.60. The number of hydrogen-bond donors (Lipinski definition) is 1.